The van der Waals surface area contributed by atoms with Gasteiger partial charge in [-0.2, -0.15) is 0 Å². The number of hydrogen-bond acceptors (Lipinski definition) is 4. The van der Waals surface area contributed by atoms with E-state index in [2.05, 4.69) is 4.98 Å². The number of aryl methyl sites for hydroxylation is 1. The van der Waals surface area contributed by atoms with Crippen molar-refractivity contribution in [1.29, 1.82) is 0 Å². The van der Waals surface area contributed by atoms with Crippen LogP contribution in [0, 0.1) is 6.92 Å². The number of anilines is 1. The van der Waals surface area contributed by atoms with Crippen molar-refractivity contribution in [3.8, 4) is 0 Å². The van der Waals surface area contributed by atoms with Crippen LogP contribution in [-0.2, 0) is 0 Å². The van der Waals surface area contributed by atoms with Crippen LogP contribution in [0.15, 0.2) is 18.3 Å². The lowest BCUT2D eigenvalue weighted by molar-refractivity contribution is 0.246. The van der Waals surface area contributed by atoms with Gasteiger partial charge in [0.1, 0.15) is 0 Å². The summed E-state index contributed by atoms with van der Waals surface area (Å²) >= 11 is 0. The number of aromatic nitrogens is 1. The summed E-state index contributed by atoms with van der Waals surface area (Å²) in [4.78, 5) is 14.8. The Bertz CT molecular complexity index is 314. The monoisotopic (exact) mass is 181 g/mol. The van der Waals surface area contributed by atoms with Crippen LogP contribution in [0.2, 0.25) is 0 Å². The van der Waals surface area contributed by atoms with Crippen LogP contribution >= 0.6 is 0 Å². The topological polar surface area (TPSA) is 97.3 Å². The maximum absolute atomic E-state index is 10.9. The first-order valence-corrected chi connectivity index (χ1v) is 3.63. The minimum Gasteiger partial charge on any atom is -0.274 e. The molecule has 1 rings (SSSR count). The molecule has 0 aliphatic heterocycles. The fourth-order valence-corrected chi connectivity index (χ4v) is 0.826. The first-order chi connectivity index (χ1) is 6.15. The molecular formula is C7H11N5O. The number of nitrogens with one attached hydrogen (secondary N) is 1. The normalized spacial score (nSPS) is 9.46. The first-order valence-electron chi connectivity index (χ1n) is 3.63. The van der Waals surface area contributed by atoms with Gasteiger partial charge in [0.2, 0.25) is 0 Å². The van der Waals surface area contributed by atoms with Gasteiger partial charge in [-0.05, 0) is 24.6 Å². The number of hydrazine groups is 2. The Morgan fingerprint density at radius 2 is 2.38 bits per heavy atom. The van der Waals surface area contributed by atoms with Gasteiger partial charge >= 0.3 is 6.03 Å². The van der Waals surface area contributed by atoms with Crippen LogP contribution in [0.25, 0.3) is 0 Å². The molecule has 0 aliphatic rings. The number of carbonyl (C=O) groups is 1. The molecule has 0 fully saturated rings. The van der Waals surface area contributed by atoms with Crippen molar-refractivity contribution in [2.75, 3.05) is 5.01 Å². The number of nitrogens with two attached hydrogens (primary N) is 2. The third kappa shape index (κ3) is 2.14. The third-order valence-corrected chi connectivity index (χ3v) is 1.49. The van der Waals surface area contributed by atoms with Crippen molar-refractivity contribution in [2.24, 2.45) is 11.7 Å². The van der Waals surface area contributed by atoms with Crippen molar-refractivity contribution in [3.63, 3.8) is 0 Å². The predicted molar refractivity (Wildman–Crippen MR) is 48.4 cm³/mol. The van der Waals surface area contributed by atoms with E-state index in [9.17, 15) is 4.79 Å². The van der Waals surface area contributed by atoms with Crippen LogP contribution in [0.3, 0.4) is 0 Å². The molecule has 0 aromatic carbocycles. The molecule has 1 aromatic heterocycles. The van der Waals surface area contributed by atoms with Crippen LogP contribution in [0.5, 0.6) is 0 Å². The lowest BCUT2D eigenvalue weighted by Crippen LogP contribution is -2.48. The molecule has 1 heterocycles. The van der Waals surface area contributed by atoms with Crippen LogP contribution in [0.1, 0.15) is 5.56 Å². The van der Waals surface area contributed by atoms with Crippen molar-refractivity contribution in [1.82, 2.24) is 10.4 Å². The Kier molecular flexibility index (Phi) is 2.78. The summed E-state index contributed by atoms with van der Waals surface area (Å²) in [6, 6.07) is 2.87. The highest BCUT2D eigenvalue weighted by atomic mass is 16.2. The molecule has 0 aliphatic carbocycles. The molecule has 70 valence electrons. The Morgan fingerprint density at radius 3 is 2.92 bits per heavy atom. The van der Waals surface area contributed by atoms with Crippen molar-refractivity contribution in [3.05, 3.63) is 23.9 Å². The summed E-state index contributed by atoms with van der Waals surface area (Å²) in [6.07, 6.45) is 1.56. The average molecular weight is 181 g/mol. The van der Waals surface area contributed by atoms with E-state index in [4.69, 9.17) is 11.7 Å². The van der Waals surface area contributed by atoms with E-state index >= 15 is 0 Å². The van der Waals surface area contributed by atoms with Gasteiger partial charge in [-0.1, -0.05) is 0 Å². The number of hydrogen-bond donors (Lipinski definition) is 3. The highest BCUT2D eigenvalue weighted by molar-refractivity contribution is 5.89. The second-order valence-corrected chi connectivity index (χ2v) is 2.51. The van der Waals surface area contributed by atoms with Crippen LogP contribution in [-0.4, -0.2) is 11.0 Å². The molecule has 0 unspecified atom stereocenters. The fourth-order valence-electron chi connectivity index (χ4n) is 0.826. The maximum Gasteiger partial charge on any atom is 0.351 e. The molecule has 0 radical (unpaired) electrons. The zero-order valence-electron chi connectivity index (χ0n) is 7.19. The van der Waals surface area contributed by atoms with E-state index in [0.29, 0.717) is 5.82 Å². The largest absolute Gasteiger partial charge is 0.351 e. The Labute approximate surface area is 75.5 Å². The molecule has 0 saturated carbocycles. The number of urea groups is 1. The third-order valence-electron chi connectivity index (χ3n) is 1.49. The lowest BCUT2D eigenvalue weighted by Gasteiger charge is -2.14. The Balaban J connectivity index is 2.88. The molecule has 1 aromatic rings. The zero-order valence-corrected chi connectivity index (χ0v) is 7.19. The minimum absolute atomic E-state index is 0.350. The maximum atomic E-state index is 10.9. The molecule has 0 saturated heterocycles. The Hall–Kier alpha value is -1.66. The first kappa shape index (κ1) is 9.43. The van der Waals surface area contributed by atoms with Gasteiger partial charge in [-0.15, -0.1) is 0 Å². The molecule has 6 heteroatoms. The van der Waals surface area contributed by atoms with E-state index in [1.807, 2.05) is 12.3 Å². The van der Waals surface area contributed by atoms with Crippen LogP contribution in [0.4, 0.5) is 10.6 Å². The van der Waals surface area contributed by atoms with Gasteiger partial charge in [0.15, 0.2) is 5.82 Å². The summed E-state index contributed by atoms with van der Waals surface area (Å²) in [6.45, 7) is 1.87. The second kappa shape index (κ2) is 3.83. The number of amides is 2. The molecule has 0 atom stereocenters. The molecule has 13 heavy (non-hydrogen) atoms. The molecule has 2 amide bonds. The summed E-state index contributed by atoms with van der Waals surface area (Å²) in [5, 5.41) is 0.840. The van der Waals surface area contributed by atoms with E-state index in [1.54, 1.807) is 18.3 Å². The smallest absolute Gasteiger partial charge is 0.274 e. The van der Waals surface area contributed by atoms with Gasteiger partial charge in [-0.3, -0.25) is 5.43 Å². The minimum atomic E-state index is -0.613. The quantitative estimate of drug-likeness (QED) is 0.313. The highest BCUT2D eigenvalue weighted by Gasteiger charge is 2.10. The summed E-state index contributed by atoms with van der Waals surface area (Å²) in [5.41, 5.74) is 2.87. The van der Waals surface area contributed by atoms with Gasteiger partial charge in [0, 0.05) is 6.20 Å². The number of rotatable bonds is 1. The molecule has 0 spiro atoms. The predicted octanol–water partition coefficient (Wildman–Crippen LogP) is -0.347. The number of nitrogens with zero attached hydrogens (tertiary/aromatic N) is 2. The van der Waals surface area contributed by atoms with Gasteiger partial charge in [0.25, 0.3) is 0 Å². The van der Waals surface area contributed by atoms with Crippen molar-refractivity contribution >= 4 is 11.8 Å². The van der Waals surface area contributed by atoms with E-state index in [-0.39, 0.29) is 0 Å². The Morgan fingerprint density at radius 1 is 1.69 bits per heavy atom. The molecule has 6 nitrogen and oxygen atoms in total. The van der Waals surface area contributed by atoms with Gasteiger partial charge in [-0.25, -0.2) is 26.5 Å². The molecule has 5 N–H and O–H groups in total. The standard InChI is InChI=1S/C7H11N5O/c1-5-2-3-10-6(4-5)12(9)7(13)11-8/h2-4H,8-9H2,1H3,(H,11,13). The summed E-state index contributed by atoms with van der Waals surface area (Å²) in [5.74, 6) is 10.6. The summed E-state index contributed by atoms with van der Waals surface area (Å²) < 4.78 is 0. The molecule has 0 bridgehead atoms. The molecular weight excluding hydrogens is 170 g/mol. The lowest BCUT2D eigenvalue weighted by atomic mass is 10.3. The van der Waals surface area contributed by atoms with Crippen molar-refractivity contribution < 1.29 is 4.79 Å². The van der Waals surface area contributed by atoms with Gasteiger partial charge in [0.05, 0.1) is 0 Å². The second-order valence-electron chi connectivity index (χ2n) is 2.51. The van der Waals surface area contributed by atoms with E-state index < -0.39 is 6.03 Å². The summed E-state index contributed by atoms with van der Waals surface area (Å²) in [7, 11) is 0. The number of carbonyl (C=O) groups excluding carboxylic acids is 1. The zero-order chi connectivity index (χ0) is 9.84. The highest BCUT2D eigenvalue weighted by Crippen LogP contribution is 2.08. The fraction of sp³-hybridized carbons (Fsp3) is 0.143. The number of pyridine rings is 1. The van der Waals surface area contributed by atoms with E-state index in [0.717, 1.165) is 10.6 Å². The van der Waals surface area contributed by atoms with Gasteiger partial charge < -0.3 is 0 Å². The van der Waals surface area contributed by atoms with Crippen molar-refractivity contribution in [2.45, 2.75) is 6.92 Å². The van der Waals surface area contributed by atoms with Crippen LogP contribution < -0.4 is 22.1 Å². The van der Waals surface area contributed by atoms with E-state index in [1.165, 1.54) is 0 Å². The average Bonchev–Trinajstić information content (AvgIpc) is 2.15. The SMILES string of the molecule is Cc1ccnc(N(N)C(=O)NN)c1.